The molecule has 104 valence electrons. The van der Waals surface area contributed by atoms with Crippen LogP contribution in [0.4, 0.5) is 4.39 Å². The molecular formula is C11H11BrFNO4S. The molecule has 0 radical (unpaired) electrons. The lowest BCUT2D eigenvalue weighted by molar-refractivity contribution is -0.141. The lowest BCUT2D eigenvalue weighted by Gasteiger charge is -2.16. The third-order valence-electron chi connectivity index (χ3n) is 3.03. The van der Waals surface area contributed by atoms with E-state index in [-0.39, 0.29) is 28.9 Å². The molecule has 8 heteroatoms. The van der Waals surface area contributed by atoms with Crippen LogP contribution in [0.3, 0.4) is 0 Å². The Kier molecular flexibility index (Phi) is 3.93. The Bertz CT molecular complexity index is 619. The summed E-state index contributed by atoms with van der Waals surface area (Å²) in [6, 6.07) is 3.52. The first-order valence-corrected chi connectivity index (χ1v) is 7.73. The molecular weight excluding hydrogens is 341 g/mol. The van der Waals surface area contributed by atoms with Crippen molar-refractivity contribution >= 4 is 31.9 Å². The van der Waals surface area contributed by atoms with Gasteiger partial charge in [0.15, 0.2) is 0 Å². The van der Waals surface area contributed by atoms with E-state index in [4.69, 9.17) is 5.11 Å². The van der Waals surface area contributed by atoms with Crippen LogP contribution in [0.1, 0.15) is 6.42 Å². The van der Waals surface area contributed by atoms with Gasteiger partial charge in [-0.25, -0.2) is 12.8 Å². The fourth-order valence-electron chi connectivity index (χ4n) is 1.93. The fourth-order valence-corrected chi connectivity index (χ4v) is 3.69. The second kappa shape index (κ2) is 5.18. The topological polar surface area (TPSA) is 74.7 Å². The van der Waals surface area contributed by atoms with E-state index in [0.29, 0.717) is 0 Å². The van der Waals surface area contributed by atoms with Gasteiger partial charge in [0.25, 0.3) is 0 Å². The Hall–Kier alpha value is -0.990. The van der Waals surface area contributed by atoms with E-state index in [1.807, 2.05) is 0 Å². The molecule has 1 aliphatic rings. The van der Waals surface area contributed by atoms with Crippen molar-refractivity contribution in [1.82, 2.24) is 4.31 Å². The Labute approximate surface area is 118 Å². The molecule has 0 amide bonds. The molecule has 1 aromatic rings. The molecule has 0 aromatic heterocycles. The van der Waals surface area contributed by atoms with Crippen molar-refractivity contribution in [2.24, 2.45) is 5.92 Å². The van der Waals surface area contributed by atoms with Crippen molar-refractivity contribution in [3.05, 3.63) is 28.5 Å². The Morgan fingerprint density at radius 3 is 2.68 bits per heavy atom. The molecule has 1 atom stereocenters. The molecule has 1 saturated heterocycles. The second-order valence-corrected chi connectivity index (χ2v) is 7.06. The number of carboxylic acids is 1. The Morgan fingerprint density at radius 2 is 2.16 bits per heavy atom. The number of hydrogen-bond acceptors (Lipinski definition) is 3. The highest BCUT2D eigenvalue weighted by molar-refractivity contribution is 9.10. The molecule has 1 aromatic carbocycles. The zero-order valence-electron chi connectivity index (χ0n) is 9.71. The van der Waals surface area contributed by atoms with Gasteiger partial charge in [-0.3, -0.25) is 4.79 Å². The molecule has 0 bridgehead atoms. The second-order valence-electron chi connectivity index (χ2n) is 4.26. The molecule has 2 rings (SSSR count). The number of benzene rings is 1. The van der Waals surface area contributed by atoms with Crippen LogP contribution in [-0.2, 0) is 14.8 Å². The summed E-state index contributed by atoms with van der Waals surface area (Å²) in [7, 11) is -3.84. The average molecular weight is 352 g/mol. The van der Waals surface area contributed by atoms with Gasteiger partial charge in [0.1, 0.15) is 5.82 Å². The van der Waals surface area contributed by atoms with Gasteiger partial charge in [-0.1, -0.05) is 0 Å². The van der Waals surface area contributed by atoms with Crippen molar-refractivity contribution in [3.8, 4) is 0 Å². The van der Waals surface area contributed by atoms with E-state index in [0.717, 1.165) is 10.4 Å². The number of nitrogens with zero attached hydrogens (tertiary/aromatic N) is 1. The summed E-state index contributed by atoms with van der Waals surface area (Å²) >= 11 is 2.95. The van der Waals surface area contributed by atoms with Crippen LogP contribution in [0, 0.1) is 11.7 Å². The molecule has 1 aliphatic heterocycles. The minimum absolute atomic E-state index is 0.0741. The standard InChI is InChI=1S/C11H11BrFNO4S/c12-9-2-1-8(5-10(9)13)19(17,18)14-4-3-7(6-14)11(15)16/h1-2,5,7H,3-4,6H2,(H,15,16). The number of carboxylic acid groups (broad SMARTS) is 1. The molecule has 5 nitrogen and oxygen atoms in total. The van der Waals surface area contributed by atoms with Crippen LogP contribution in [0.25, 0.3) is 0 Å². The molecule has 0 aliphatic carbocycles. The number of sulfonamides is 1. The highest BCUT2D eigenvalue weighted by atomic mass is 79.9. The number of rotatable bonds is 3. The third kappa shape index (κ3) is 2.80. The lowest BCUT2D eigenvalue weighted by atomic mass is 10.1. The summed E-state index contributed by atoms with van der Waals surface area (Å²) in [6.07, 6.45) is 0.271. The molecule has 1 fully saturated rings. The van der Waals surface area contributed by atoms with E-state index in [1.54, 1.807) is 0 Å². The van der Waals surface area contributed by atoms with Crippen LogP contribution in [0.15, 0.2) is 27.6 Å². The number of carbonyl (C=O) groups is 1. The largest absolute Gasteiger partial charge is 0.481 e. The molecule has 1 unspecified atom stereocenters. The monoisotopic (exact) mass is 351 g/mol. The number of hydrogen-bond donors (Lipinski definition) is 1. The van der Waals surface area contributed by atoms with Crippen LogP contribution in [0.5, 0.6) is 0 Å². The molecule has 0 spiro atoms. The quantitative estimate of drug-likeness (QED) is 0.898. The first-order chi connectivity index (χ1) is 8.82. The zero-order chi connectivity index (χ0) is 14.2. The normalized spacial score (nSPS) is 20.6. The van der Waals surface area contributed by atoms with Gasteiger partial charge in [0.05, 0.1) is 15.3 Å². The maximum Gasteiger partial charge on any atom is 0.307 e. The predicted molar refractivity (Wildman–Crippen MR) is 68.6 cm³/mol. The van der Waals surface area contributed by atoms with Crippen molar-refractivity contribution in [2.75, 3.05) is 13.1 Å². The predicted octanol–water partition coefficient (Wildman–Crippen LogP) is 1.68. The van der Waals surface area contributed by atoms with Gasteiger partial charge in [-0.2, -0.15) is 4.31 Å². The van der Waals surface area contributed by atoms with E-state index in [2.05, 4.69) is 15.9 Å². The molecule has 19 heavy (non-hydrogen) atoms. The Morgan fingerprint density at radius 1 is 1.47 bits per heavy atom. The zero-order valence-corrected chi connectivity index (χ0v) is 12.1. The van der Waals surface area contributed by atoms with Crippen molar-refractivity contribution < 1.29 is 22.7 Å². The number of halogens is 2. The molecule has 0 saturated carbocycles. The first-order valence-electron chi connectivity index (χ1n) is 5.50. The maximum atomic E-state index is 13.4. The summed E-state index contributed by atoms with van der Waals surface area (Å²) < 4.78 is 39.1. The smallest absolute Gasteiger partial charge is 0.307 e. The van der Waals surface area contributed by atoms with E-state index in [1.165, 1.54) is 12.1 Å². The van der Waals surface area contributed by atoms with Crippen molar-refractivity contribution in [2.45, 2.75) is 11.3 Å². The van der Waals surface area contributed by atoms with Crippen LogP contribution >= 0.6 is 15.9 Å². The van der Waals surface area contributed by atoms with Gasteiger partial charge in [-0.05, 0) is 40.5 Å². The minimum Gasteiger partial charge on any atom is -0.481 e. The van der Waals surface area contributed by atoms with Crippen molar-refractivity contribution in [1.29, 1.82) is 0 Å². The Balaban J connectivity index is 2.28. The first kappa shape index (κ1) is 14.4. The van der Waals surface area contributed by atoms with Crippen LogP contribution in [-0.4, -0.2) is 36.9 Å². The summed E-state index contributed by atoms with van der Waals surface area (Å²) in [5.41, 5.74) is 0. The summed E-state index contributed by atoms with van der Waals surface area (Å²) in [4.78, 5) is 10.7. The highest BCUT2D eigenvalue weighted by Gasteiger charge is 2.35. The van der Waals surface area contributed by atoms with E-state index >= 15 is 0 Å². The van der Waals surface area contributed by atoms with Crippen LogP contribution in [0.2, 0.25) is 0 Å². The van der Waals surface area contributed by atoms with Gasteiger partial charge in [0.2, 0.25) is 10.0 Å². The van der Waals surface area contributed by atoms with Gasteiger partial charge < -0.3 is 5.11 Å². The van der Waals surface area contributed by atoms with Gasteiger partial charge in [0, 0.05) is 13.1 Å². The highest BCUT2D eigenvalue weighted by Crippen LogP contribution is 2.26. The summed E-state index contributed by atoms with van der Waals surface area (Å²) in [6.45, 7) is 0.0618. The summed E-state index contributed by atoms with van der Waals surface area (Å²) in [5, 5.41) is 8.86. The lowest BCUT2D eigenvalue weighted by Crippen LogP contribution is -2.30. The van der Waals surface area contributed by atoms with E-state index in [9.17, 15) is 17.6 Å². The fraction of sp³-hybridized carbons (Fsp3) is 0.364. The van der Waals surface area contributed by atoms with Crippen LogP contribution < -0.4 is 0 Å². The minimum atomic E-state index is -3.84. The number of aliphatic carboxylic acids is 1. The maximum absolute atomic E-state index is 13.4. The van der Waals surface area contributed by atoms with E-state index < -0.39 is 27.7 Å². The van der Waals surface area contributed by atoms with Gasteiger partial charge >= 0.3 is 5.97 Å². The molecule has 1 heterocycles. The average Bonchev–Trinajstić information content (AvgIpc) is 2.82. The third-order valence-corrected chi connectivity index (χ3v) is 5.53. The van der Waals surface area contributed by atoms with Gasteiger partial charge in [-0.15, -0.1) is 0 Å². The van der Waals surface area contributed by atoms with Crippen molar-refractivity contribution in [3.63, 3.8) is 0 Å². The molecule has 1 N–H and O–H groups in total. The SMILES string of the molecule is O=C(O)C1CCN(S(=O)(=O)c2ccc(Br)c(F)c2)C1. The summed E-state index contributed by atoms with van der Waals surface area (Å²) in [5.74, 6) is -2.38.